The molecule has 1 aliphatic rings. The highest BCUT2D eigenvalue weighted by Crippen LogP contribution is 2.48. The summed E-state index contributed by atoms with van der Waals surface area (Å²) in [6.07, 6.45) is 5.49. The molecule has 1 aromatic carbocycles. The van der Waals surface area contributed by atoms with Gasteiger partial charge >= 0.3 is 0 Å². The van der Waals surface area contributed by atoms with Gasteiger partial charge in [0.1, 0.15) is 0 Å². The zero-order chi connectivity index (χ0) is 11.4. The average molecular weight is 238 g/mol. The highest BCUT2D eigenvalue weighted by molar-refractivity contribution is 6.30. The van der Waals surface area contributed by atoms with Crippen molar-refractivity contribution in [2.75, 3.05) is 6.54 Å². The maximum Gasteiger partial charge on any atom is 0.0409 e. The second kappa shape index (κ2) is 5.20. The Morgan fingerprint density at radius 3 is 2.81 bits per heavy atom. The fourth-order valence-corrected chi connectivity index (χ4v) is 2.55. The molecule has 0 atom stereocenters. The molecule has 16 heavy (non-hydrogen) atoms. The van der Waals surface area contributed by atoms with Gasteiger partial charge in [-0.25, -0.2) is 0 Å². The van der Waals surface area contributed by atoms with Crippen LogP contribution in [0.5, 0.6) is 0 Å². The average Bonchev–Trinajstić information content (AvgIpc) is 2.99. The minimum Gasteiger partial charge on any atom is -0.312 e. The number of rotatable bonds is 6. The molecule has 1 nitrogen and oxygen atoms in total. The van der Waals surface area contributed by atoms with E-state index in [1.165, 1.54) is 31.2 Å². The van der Waals surface area contributed by atoms with Crippen molar-refractivity contribution in [1.82, 2.24) is 5.32 Å². The Labute approximate surface area is 103 Å². The van der Waals surface area contributed by atoms with Crippen LogP contribution in [0.4, 0.5) is 0 Å². The van der Waals surface area contributed by atoms with Gasteiger partial charge in [-0.3, -0.25) is 0 Å². The summed E-state index contributed by atoms with van der Waals surface area (Å²) < 4.78 is 0. The van der Waals surface area contributed by atoms with Crippen LogP contribution in [0.3, 0.4) is 0 Å². The van der Waals surface area contributed by atoms with Crippen LogP contribution in [0.2, 0.25) is 5.02 Å². The van der Waals surface area contributed by atoms with Crippen molar-refractivity contribution in [3.63, 3.8) is 0 Å². The molecule has 88 valence electrons. The van der Waals surface area contributed by atoms with Gasteiger partial charge in [0.15, 0.2) is 0 Å². The van der Waals surface area contributed by atoms with Crippen LogP contribution in [0.25, 0.3) is 0 Å². The second-order valence-corrected chi connectivity index (χ2v) is 5.42. The molecule has 1 fully saturated rings. The predicted molar refractivity (Wildman–Crippen MR) is 69.7 cm³/mol. The molecule has 0 bridgehead atoms. The number of hydrogen-bond donors (Lipinski definition) is 1. The minimum absolute atomic E-state index is 0.632. The first-order valence-corrected chi connectivity index (χ1v) is 6.57. The zero-order valence-corrected chi connectivity index (χ0v) is 10.7. The highest BCUT2D eigenvalue weighted by Gasteiger charge is 2.40. The zero-order valence-electron chi connectivity index (χ0n) is 9.93. The summed E-state index contributed by atoms with van der Waals surface area (Å²) >= 11 is 5.95. The van der Waals surface area contributed by atoms with E-state index >= 15 is 0 Å². The summed E-state index contributed by atoms with van der Waals surface area (Å²) in [6.45, 7) is 4.37. The summed E-state index contributed by atoms with van der Waals surface area (Å²) in [5.74, 6) is 0. The van der Waals surface area contributed by atoms with E-state index in [1.807, 2.05) is 18.2 Å². The maximum atomic E-state index is 5.95. The number of benzene rings is 1. The van der Waals surface area contributed by atoms with Crippen molar-refractivity contribution in [2.24, 2.45) is 5.41 Å². The molecule has 1 aromatic rings. The van der Waals surface area contributed by atoms with Gasteiger partial charge in [0.25, 0.3) is 0 Å². The molecule has 0 spiro atoms. The summed E-state index contributed by atoms with van der Waals surface area (Å²) in [6, 6.07) is 8.09. The van der Waals surface area contributed by atoms with Gasteiger partial charge in [-0.15, -0.1) is 0 Å². The van der Waals surface area contributed by atoms with E-state index < -0.39 is 0 Å². The third-order valence-corrected chi connectivity index (χ3v) is 3.69. The fourth-order valence-electron chi connectivity index (χ4n) is 2.34. The Morgan fingerprint density at radius 2 is 2.19 bits per heavy atom. The van der Waals surface area contributed by atoms with E-state index in [0.29, 0.717) is 5.41 Å². The van der Waals surface area contributed by atoms with Crippen molar-refractivity contribution < 1.29 is 0 Å². The molecule has 0 radical (unpaired) electrons. The van der Waals surface area contributed by atoms with Crippen LogP contribution in [-0.4, -0.2) is 6.54 Å². The lowest BCUT2D eigenvalue weighted by atomic mass is 10.0. The molecule has 0 aromatic heterocycles. The Kier molecular flexibility index (Phi) is 3.88. The first-order valence-electron chi connectivity index (χ1n) is 6.19. The quantitative estimate of drug-likeness (QED) is 0.788. The Morgan fingerprint density at radius 1 is 1.38 bits per heavy atom. The largest absolute Gasteiger partial charge is 0.312 e. The molecule has 0 aliphatic heterocycles. The van der Waals surface area contributed by atoms with E-state index in [-0.39, 0.29) is 0 Å². The van der Waals surface area contributed by atoms with Crippen molar-refractivity contribution >= 4 is 11.6 Å². The first-order chi connectivity index (χ1) is 7.74. The molecular weight excluding hydrogens is 218 g/mol. The van der Waals surface area contributed by atoms with Gasteiger partial charge in [0.2, 0.25) is 0 Å². The Balaban J connectivity index is 1.76. The summed E-state index contributed by atoms with van der Waals surface area (Å²) in [4.78, 5) is 0. The van der Waals surface area contributed by atoms with Crippen LogP contribution in [-0.2, 0) is 6.54 Å². The van der Waals surface area contributed by atoms with Crippen LogP contribution in [0.1, 0.15) is 38.2 Å². The molecule has 1 saturated carbocycles. The number of halogens is 1. The van der Waals surface area contributed by atoms with Gasteiger partial charge in [0, 0.05) is 18.1 Å². The van der Waals surface area contributed by atoms with Crippen LogP contribution in [0.15, 0.2) is 24.3 Å². The Hall–Kier alpha value is -0.530. The molecule has 0 saturated heterocycles. The number of hydrogen-bond acceptors (Lipinski definition) is 1. The SMILES string of the molecule is CCCC1(CNCc2cccc(Cl)c2)CC1. The van der Waals surface area contributed by atoms with Gasteiger partial charge < -0.3 is 5.32 Å². The smallest absolute Gasteiger partial charge is 0.0409 e. The van der Waals surface area contributed by atoms with E-state index in [9.17, 15) is 0 Å². The first kappa shape index (κ1) is 11.9. The summed E-state index contributed by atoms with van der Waals surface area (Å²) in [5, 5.41) is 4.39. The monoisotopic (exact) mass is 237 g/mol. The lowest BCUT2D eigenvalue weighted by Crippen LogP contribution is -2.23. The van der Waals surface area contributed by atoms with Crippen molar-refractivity contribution in [2.45, 2.75) is 39.2 Å². The minimum atomic E-state index is 0.632. The number of nitrogens with one attached hydrogen (secondary N) is 1. The van der Waals surface area contributed by atoms with Gasteiger partial charge in [-0.05, 0) is 42.4 Å². The van der Waals surface area contributed by atoms with E-state index in [1.54, 1.807) is 0 Å². The molecule has 0 heterocycles. The molecule has 2 rings (SSSR count). The van der Waals surface area contributed by atoms with Crippen LogP contribution < -0.4 is 5.32 Å². The van der Waals surface area contributed by atoms with E-state index in [0.717, 1.165) is 18.1 Å². The topological polar surface area (TPSA) is 12.0 Å². The highest BCUT2D eigenvalue weighted by atomic mass is 35.5. The lowest BCUT2D eigenvalue weighted by molar-refractivity contribution is 0.421. The molecule has 0 unspecified atom stereocenters. The van der Waals surface area contributed by atoms with E-state index in [2.05, 4.69) is 18.3 Å². The lowest BCUT2D eigenvalue weighted by Gasteiger charge is -2.14. The molecule has 0 amide bonds. The summed E-state index contributed by atoms with van der Waals surface area (Å²) in [5.41, 5.74) is 1.91. The Bertz CT molecular complexity index is 344. The standard InChI is InChI=1S/C14H20ClN/c1-2-6-14(7-8-14)11-16-10-12-4-3-5-13(15)9-12/h3-5,9,16H,2,6-8,10-11H2,1H3. The van der Waals surface area contributed by atoms with Crippen molar-refractivity contribution in [1.29, 1.82) is 0 Å². The van der Waals surface area contributed by atoms with Crippen molar-refractivity contribution in [3.8, 4) is 0 Å². The predicted octanol–water partition coefficient (Wildman–Crippen LogP) is 4.01. The molecular formula is C14H20ClN. The third-order valence-electron chi connectivity index (χ3n) is 3.46. The fraction of sp³-hybridized carbons (Fsp3) is 0.571. The summed E-state index contributed by atoms with van der Waals surface area (Å²) in [7, 11) is 0. The van der Waals surface area contributed by atoms with Gasteiger partial charge in [0.05, 0.1) is 0 Å². The van der Waals surface area contributed by atoms with Crippen molar-refractivity contribution in [3.05, 3.63) is 34.9 Å². The van der Waals surface area contributed by atoms with E-state index in [4.69, 9.17) is 11.6 Å². The van der Waals surface area contributed by atoms with Gasteiger partial charge in [-0.2, -0.15) is 0 Å². The molecule has 1 N–H and O–H groups in total. The third kappa shape index (κ3) is 3.23. The normalized spacial score (nSPS) is 17.4. The molecule has 1 aliphatic carbocycles. The van der Waals surface area contributed by atoms with Gasteiger partial charge in [-0.1, -0.05) is 37.1 Å². The maximum absolute atomic E-state index is 5.95. The van der Waals surface area contributed by atoms with Crippen LogP contribution >= 0.6 is 11.6 Å². The second-order valence-electron chi connectivity index (χ2n) is 4.98. The van der Waals surface area contributed by atoms with Crippen LogP contribution in [0, 0.1) is 5.41 Å². The molecule has 2 heteroatoms.